The number of H-pyrrole nitrogens is 1. The number of hydrogen-bond acceptors (Lipinski definition) is 7. The number of nitrogens with zero attached hydrogens (tertiary/aromatic N) is 1. The number of fused-ring (bicyclic) bond motifs is 1. The van der Waals surface area contributed by atoms with Gasteiger partial charge < -0.3 is 23.5 Å². The fraction of sp³-hybridized carbons (Fsp3) is 0.250. The van der Waals surface area contributed by atoms with E-state index in [1.807, 2.05) is 24.3 Å². The van der Waals surface area contributed by atoms with E-state index in [1.54, 1.807) is 19.5 Å². The lowest BCUT2D eigenvalue weighted by Gasteiger charge is -2.16. The van der Waals surface area contributed by atoms with Gasteiger partial charge in [-0.2, -0.15) is 0 Å². The lowest BCUT2D eigenvalue weighted by Crippen LogP contribution is -3.08. The topological polar surface area (TPSA) is 103 Å². The van der Waals surface area contributed by atoms with Gasteiger partial charge in [0.25, 0.3) is 5.56 Å². The van der Waals surface area contributed by atoms with Gasteiger partial charge in [0.1, 0.15) is 29.3 Å². The first-order valence-corrected chi connectivity index (χ1v) is 9.85. The molecule has 0 unspecified atom stereocenters. The summed E-state index contributed by atoms with van der Waals surface area (Å²) in [6, 6.07) is 7.50. The van der Waals surface area contributed by atoms with Crippen LogP contribution in [-0.4, -0.2) is 23.0 Å². The molecule has 0 aliphatic rings. The van der Waals surface area contributed by atoms with Gasteiger partial charge in [-0.1, -0.05) is 0 Å². The van der Waals surface area contributed by atoms with E-state index in [4.69, 9.17) is 13.6 Å². The maximum atomic E-state index is 12.7. The van der Waals surface area contributed by atoms with Crippen molar-refractivity contribution >= 4 is 27.5 Å². The Morgan fingerprint density at radius 1 is 1.17 bits per heavy atom. The van der Waals surface area contributed by atoms with Gasteiger partial charge in [0.15, 0.2) is 17.3 Å². The van der Waals surface area contributed by atoms with Crippen LogP contribution >= 0.6 is 11.3 Å². The smallest absolute Gasteiger partial charge is 0.348 e. The number of methoxy groups -OCH3 is 1. The van der Waals surface area contributed by atoms with Crippen LogP contribution in [0.2, 0.25) is 0 Å². The van der Waals surface area contributed by atoms with Gasteiger partial charge >= 0.3 is 5.97 Å². The Morgan fingerprint density at radius 2 is 1.83 bits per heavy atom. The second-order valence-electron chi connectivity index (χ2n) is 6.68. The minimum atomic E-state index is -0.464. The van der Waals surface area contributed by atoms with E-state index in [-0.39, 0.29) is 5.56 Å². The number of hydrogen-bond donors (Lipinski definition) is 2. The summed E-state index contributed by atoms with van der Waals surface area (Å²) in [4.78, 5) is 34.1. The number of thiophene rings is 1. The standard InChI is InChI=1S/C20H19N3O5S/c1-12-16-18(24)21-15(22-19(16)29-17(12)20(25)26-2)11-23(9-13-5-3-7-27-13)10-14-6-4-8-28-14/h3-8H,9-11H2,1-2H3,(H,21,22,24)/p+1. The van der Waals surface area contributed by atoms with Crippen LogP contribution in [0.1, 0.15) is 32.6 Å². The first kappa shape index (κ1) is 19.2. The second-order valence-corrected chi connectivity index (χ2v) is 7.68. The van der Waals surface area contributed by atoms with Gasteiger partial charge in [-0.15, -0.1) is 11.3 Å². The molecule has 9 heteroatoms. The highest BCUT2D eigenvalue weighted by Gasteiger charge is 2.22. The maximum absolute atomic E-state index is 12.7. The van der Waals surface area contributed by atoms with E-state index in [2.05, 4.69) is 9.97 Å². The van der Waals surface area contributed by atoms with E-state index in [9.17, 15) is 9.59 Å². The molecule has 0 aliphatic carbocycles. The Hall–Kier alpha value is -3.17. The van der Waals surface area contributed by atoms with E-state index in [0.29, 0.717) is 46.1 Å². The van der Waals surface area contributed by atoms with Crippen LogP contribution < -0.4 is 10.5 Å². The SMILES string of the molecule is COC(=O)c1sc2nc(C[NH+](Cc3ccco3)Cc3ccco3)[nH]c(=O)c2c1C. The number of aromatic amines is 1. The number of esters is 1. The molecule has 0 atom stereocenters. The van der Waals surface area contributed by atoms with Crippen LogP contribution in [0, 0.1) is 6.92 Å². The summed E-state index contributed by atoms with van der Waals surface area (Å²) < 4.78 is 15.8. The zero-order valence-electron chi connectivity index (χ0n) is 16.0. The lowest BCUT2D eigenvalue weighted by molar-refractivity contribution is -0.943. The normalized spacial score (nSPS) is 11.4. The van der Waals surface area contributed by atoms with Crippen molar-refractivity contribution in [3.05, 3.63) is 74.9 Å². The third-order valence-corrected chi connectivity index (χ3v) is 5.81. The summed E-state index contributed by atoms with van der Waals surface area (Å²) in [5, 5.41) is 0.428. The fourth-order valence-electron chi connectivity index (χ4n) is 3.30. The number of aryl methyl sites for hydroxylation is 1. The average Bonchev–Trinajstić information content (AvgIpc) is 3.43. The van der Waals surface area contributed by atoms with E-state index < -0.39 is 5.97 Å². The molecule has 4 aromatic heterocycles. The van der Waals surface area contributed by atoms with Crippen LogP contribution in [-0.2, 0) is 24.4 Å². The van der Waals surface area contributed by atoms with E-state index >= 15 is 0 Å². The zero-order chi connectivity index (χ0) is 20.4. The Balaban J connectivity index is 1.66. The summed E-state index contributed by atoms with van der Waals surface area (Å²) in [5.41, 5.74) is 0.330. The number of nitrogens with one attached hydrogen (secondary N) is 2. The minimum Gasteiger partial charge on any atom is -0.465 e. The number of carbonyl (C=O) groups excluding carboxylic acids is 1. The molecule has 4 heterocycles. The summed E-state index contributed by atoms with van der Waals surface area (Å²) in [7, 11) is 1.32. The molecule has 0 fully saturated rings. The largest absolute Gasteiger partial charge is 0.465 e. The van der Waals surface area contributed by atoms with Crippen LogP contribution in [0.4, 0.5) is 0 Å². The number of ether oxygens (including phenoxy) is 1. The third-order valence-electron chi connectivity index (χ3n) is 4.65. The lowest BCUT2D eigenvalue weighted by atomic mass is 10.2. The molecule has 0 amide bonds. The number of carbonyl (C=O) groups is 1. The quantitative estimate of drug-likeness (QED) is 0.449. The van der Waals surface area contributed by atoms with Crippen molar-refractivity contribution in [3.8, 4) is 0 Å². The van der Waals surface area contributed by atoms with Gasteiger partial charge in [-0.3, -0.25) is 4.79 Å². The zero-order valence-corrected chi connectivity index (χ0v) is 16.8. The molecule has 0 aliphatic heterocycles. The highest BCUT2D eigenvalue weighted by atomic mass is 32.1. The van der Waals surface area contributed by atoms with Gasteiger partial charge in [-0.05, 0) is 36.8 Å². The van der Waals surface area contributed by atoms with Crippen LogP contribution in [0.5, 0.6) is 0 Å². The highest BCUT2D eigenvalue weighted by molar-refractivity contribution is 7.20. The Labute approximate surface area is 169 Å². The minimum absolute atomic E-state index is 0.260. The second kappa shape index (κ2) is 8.06. The molecule has 0 radical (unpaired) electrons. The fourth-order valence-corrected chi connectivity index (χ4v) is 4.42. The van der Waals surface area contributed by atoms with Crippen molar-refractivity contribution in [2.75, 3.05) is 7.11 Å². The monoisotopic (exact) mass is 414 g/mol. The molecule has 2 N–H and O–H groups in total. The van der Waals surface area contributed by atoms with Crippen molar-refractivity contribution < 1.29 is 23.3 Å². The molecule has 0 saturated carbocycles. The number of aromatic nitrogens is 2. The molecule has 0 saturated heterocycles. The number of rotatable bonds is 7. The number of furan rings is 2. The van der Waals surface area contributed by atoms with Gasteiger partial charge in [0, 0.05) is 0 Å². The molecule has 4 rings (SSSR count). The van der Waals surface area contributed by atoms with Gasteiger partial charge in [0.05, 0.1) is 25.0 Å². The molecule has 4 aromatic rings. The van der Waals surface area contributed by atoms with Crippen molar-refractivity contribution in [3.63, 3.8) is 0 Å². The molecule has 150 valence electrons. The molecular weight excluding hydrogens is 394 g/mol. The van der Waals surface area contributed by atoms with Crippen molar-refractivity contribution in [2.45, 2.75) is 26.6 Å². The molecule has 0 spiro atoms. The average molecular weight is 414 g/mol. The predicted molar refractivity (Wildman–Crippen MR) is 106 cm³/mol. The number of quaternary nitrogens is 1. The van der Waals surface area contributed by atoms with E-state index in [1.165, 1.54) is 18.4 Å². The van der Waals surface area contributed by atoms with Crippen molar-refractivity contribution in [1.82, 2.24) is 9.97 Å². The highest BCUT2D eigenvalue weighted by Crippen LogP contribution is 2.27. The molecule has 8 nitrogen and oxygen atoms in total. The third kappa shape index (κ3) is 4.01. The first-order valence-electron chi connectivity index (χ1n) is 9.04. The van der Waals surface area contributed by atoms with Crippen molar-refractivity contribution in [1.29, 1.82) is 0 Å². The molecule has 29 heavy (non-hydrogen) atoms. The predicted octanol–water partition coefficient (Wildman–Crippen LogP) is 2.05. The first-order chi connectivity index (χ1) is 14.0. The molecule has 0 bridgehead atoms. The Bertz CT molecular complexity index is 1140. The molecular formula is C20H20N3O5S+. The Kier molecular flexibility index (Phi) is 5.32. The van der Waals surface area contributed by atoms with E-state index in [0.717, 1.165) is 16.4 Å². The van der Waals surface area contributed by atoms with Crippen molar-refractivity contribution in [2.24, 2.45) is 0 Å². The summed E-state index contributed by atoms with van der Waals surface area (Å²) in [6.07, 6.45) is 3.27. The molecule has 0 aromatic carbocycles. The van der Waals surface area contributed by atoms with Gasteiger partial charge in [-0.25, -0.2) is 9.78 Å². The van der Waals surface area contributed by atoms with Crippen LogP contribution in [0.15, 0.2) is 50.4 Å². The summed E-state index contributed by atoms with van der Waals surface area (Å²) >= 11 is 1.17. The van der Waals surface area contributed by atoms with Crippen LogP contribution in [0.3, 0.4) is 0 Å². The summed E-state index contributed by atoms with van der Waals surface area (Å²) in [5.74, 6) is 1.73. The maximum Gasteiger partial charge on any atom is 0.348 e. The summed E-state index contributed by atoms with van der Waals surface area (Å²) in [6.45, 7) is 3.39. The Morgan fingerprint density at radius 3 is 2.38 bits per heavy atom. The van der Waals surface area contributed by atoms with Crippen LogP contribution in [0.25, 0.3) is 10.2 Å². The van der Waals surface area contributed by atoms with Gasteiger partial charge in [0.2, 0.25) is 0 Å².